The molecule has 0 aliphatic carbocycles. The molecule has 1 N–H and O–H groups in total. The molecule has 154 valence electrons. The molecule has 2 amide bonds. The molecular formula is C22H23N5O3. The van der Waals surface area contributed by atoms with E-state index in [-0.39, 0.29) is 17.6 Å². The van der Waals surface area contributed by atoms with Gasteiger partial charge >= 0.3 is 0 Å². The number of aromatic nitrogens is 2. The number of pyridine rings is 1. The molecule has 0 radical (unpaired) electrons. The maximum Gasteiger partial charge on any atom is 0.289 e. The Hall–Kier alpha value is -3.65. The van der Waals surface area contributed by atoms with Crippen LogP contribution in [-0.2, 0) is 0 Å². The Kier molecular flexibility index (Phi) is 5.24. The Bertz CT molecular complexity index is 1190. The van der Waals surface area contributed by atoms with Gasteiger partial charge in [0.1, 0.15) is 5.58 Å². The predicted octanol–water partition coefficient (Wildman–Crippen LogP) is 2.97. The standard InChI is InChI=1S/C22H23N5O3/c1-25(2)10-11-26(3)22(29)20-13-15-12-16(7-8-19(15)30-20)23-21(28)18-14-17-6-4-5-9-27(17)24-18/h4-9,12-14H,10-11H2,1-3H3,(H,23,28). The number of furan rings is 1. The molecule has 0 fully saturated rings. The number of amides is 2. The third kappa shape index (κ3) is 4.04. The fraction of sp³-hybridized carbons (Fsp3) is 0.227. The summed E-state index contributed by atoms with van der Waals surface area (Å²) in [4.78, 5) is 28.8. The maximum atomic E-state index is 12.6. The summed E-state index contributed by atoms with van der Waals surface area (Å²) < 4.78 is 7.36. The fourth-order valence-electron chi connectivity index (χ4n) is 3.11. The average Bonchev–Trinajstić information content (AvgIpc) is 3.35. The summed E-state index contributed by atoms with van der Waals surface area (Å²) >= 11 is 0. The van der Waals surface area contributed by atoms with Gasteiger partial charge in [0.15, 0.2) is 11.5 Å². The monoisotopic (exact) mass is 405 g/mol. The van der Waals surface area contributed by atoms with Crippen LogP contribution >= 0.6 is 0 Å². The minimum Gasteiger partial charge on any atom is -0.451 e. The van der Waals surface area contributed by atoms with E-state index >= 15 is 0 Å². The Labute approximate surface area is 173 Å². The minimum absolute atomic E-state index is 0.177. The maximum absolute atomic E-state index is 12.6. The SMILES string of the molecule is CN(C)CCN(C)C(=O)c1cc2cc(NC(=O)c3cc4ccccn4n3)ccc2o1. The van der Waals surface area contributed by atoms with Gasteiger partial charge in [-0.1, -0.05) is 6.07 Å². The lowest BCUT2D eigenvalue weighted by Gasteiger charge is -2.18. The summed E-state index contributed by atoms with van der Waals surface area (Å²) in [5.41, 5.74) is 2.36. The number of hydrogen-bond acceptors (Lipinski definition) is 5. The van der Waals surface area contributed by atoms with Gasteiger partial charge in [-0.15, -0.1) is 0 Å². The van der Waals surface area contributed by atoms with Crippen molar-refractivity contribution in [3.63, 3.8) is 0 Å². The van der Waals surface area contributed by atoms with Crippen LogP contribution in [0.25, 0.3) is 16.5 Å². The molecule has 0 atom stereocenters. The van der Waals surface area contributed by atoms with Gasteiger partial charge in [-0.05, 0) is 56.6 Å². The van der Waals surface area contributed by atoms with Gasteiger partial charge in [0, 0.05) is 37.4 Å². The van der Waals surface area contributed by atoms with E-state index in [9.17, 15) is 9.59 Å². The summed E-state index contributed by atoms with van der Waals surface area (Å²) in [7, 11) is 5.67. The zero-order chi connectivity index (χ0) is 21.3. The first-order valence-electron chi connectivity index (χ1n) is 9.60. The molecule has 0 aliphatic heterocycles. The number of hydrogen-bond donors (Lipinski definition) is 1. The Morgan fingerprint density at radius 2 is 1.90 bits per heavy atom. The number of likely N-dealkylation sites (N-methyl/N-ethyl adjacent to an activating group) is 2. The smallest absolute Gasteiger partial charge is 0.289 e. The number of rotatable bonds is 6. The van der Waals surface area contributed by atoms with Crippen molar-refractivity contribution in [2.24, 2.45) is 0 Å². The van der Waals surface area contributed by atoms with E-state index in [2.05, 4.69) is 10.4 Å². The van der Waals surface area contributed by atoms with E-state index in [4.69, 9.17) is 4.42 Å². The molecule has 1 aromatic carbocycles. The Morgan fingerprint density at radius 1 is 1.07 bits per heavy atom. The highest BCUT2D eigenvalue weighted by Gasteiger charge is 2.18. The van der Waals surface area contributed by atoms with E-state index in [1.54, 1.807) is 53.0 Å². The van der Waals surface area contributed by atoms with Crippen LogP contribution < -0.4 is 5.32 Å². The van der Waals surface area contributed by atoms with Gasteiger partial charge in [-0.3, -0.25) is 9.59 Å². The van der Waals surface area contributed by atoms with Crippen LogP contribution in [0.1, 0.15) is 21.0 Å². The van der Waals surface area contributed by atoms with Gasteiger partial charge in [0.25, 0.3) is 11.8 Å². The summed E-state index contributed by atoms with van der Waals surface area (Å²) in [5.74, 6) is -0.209. The molecule has 0 saturated carbocycles. The predicted molar refractivity (Wildman–Crippen MR) is 115 cm³/mol. The van der Waals surface area contributed by atoms with Crippen molar-refractivity contribution < 1.29 is 14.0 Å². The van der Waals surface area contributed by atoms with Crippen molar-refractivity contribution in [1.29, 1.82) is 0 Å². The Balaban J connectivity index is 1.50. The van der Waals surface area contributed by atoms with Crippen molar-refractivity contribution >= 4 is 34.0 Å². The summed E-state index contributed by atoms with van der Waals surface area (Å²) in [5, 5.41) is 7.87. The molecule has 3 aromatic heterocycles. The molecule has 4 rings (SSSR count). The van der Waals surface area contributed by atoms with E-state index in [1.165, 1.54) is 0 Å². The van der Waals surface area contributed by atoms with Crippen molar-refractivity contribution in [2.45, 2.75) is 0 Å². The second-order valence-electron chi connectivity index (χ2n) is 7.45. The second-order valence-corrected chi connectivity index (χ2v) is 7.45. The minimum atomic E-state index is -0.304. The first-order chi connectivity index (χ1) is 14.4. The van der Waals surface area contributed by atoms with Crippen LogP contribution in [0.5, 0.6) is 0 Å². The summed E-state index contributed by atoms with van der Waals surface area (Å²) in [6, 6.07) is 14.3. The van der Waals surface area contributed by atoms with E-state index < -0.39 is 0 Å². The van der Waals surface area contributed by atoms with Gasteiger partial charge in [0.2, 0.25) is 0 Å². The lowest BCUT2D eigenvalue weighted by Crippen LogP contribution is -2.33. The quantitative estimate of drug-likeness (QED) is 0.533. The van der Waals surface area contributed by atoms with Crippen molar-refractivity contribution in [3.05, 3.63) is 66.2 Å². The lowest BCUT2D eigenvalue weighted by atomic mass is 10.2. The summed E-state index contributed by atoms with van der Waals surface area (Å²) in [6.07, 6.45) is 1.79. The number of nitrogens with one attached hydrogen (secondary N) is 1. The fourth-order valence-corrected chi connectivity index (χ4v) is 3.11. The number of benzene rings is 1. The molecule has 3 heterocycles. The largest absolute Gasteiger partial charge is 0.451 e. The molecule has 4 aromatic rings. The van der Waals surface area contributed by atoms with Crippen LogP contribution in [0.3, 0.4) is 0 Å². The molecule has 8 heteroatoms. The van der Waals surface area contributed by atoms with Crippen LogP contribution in [-0.4, -0.2) is 65.5 Å². The van der Waals surface area contributed by atoms with Gasteiger partial charge in [-0.25, -0.2) is 4.52 Å². The van der Waals surface area contributed by atoms with Crippen LogP contribution in [0, 0.1) is 0 Å². The van der Waals surface area contributed by atoms with E-state index in [0.29, 0.717) is 23.5 Å². The van der Waals surface area contributed by atoms with Crippen LogP contribution in [0.15, 0.2) is 59.1 Å². The van der Waals surface area contributed by atoms with Crippen molar-refractivity contribution in [2.75, 3.05) is 39.5 Å². The van der Waals surface area contributed by atoms with Gasteiger partial charge in [-0.2, -0.15) is 5.10 Å². The van der Waals surface area contributed by atoms with Gasteiger partial charge < -0.3 is 19.5 Å². The number of carbonyl (C=O) groups is 2. The van der Waals surface area contributed by atoms with Crippen LogP contribution in [0.4, 0.5) is 5.69 Å². The molecule has 0 saturated heterocycles. The first kappa shape index (κ1) is 19.7. The number of anilines is 1. The highest BCUT2D eigenvalue weighted by Crippen LogP contribution is 2.24. The highest BCUT2D eigenvalue weighted by molar-refractivity contribution is 6.05. The molecule has 30 heavy (non-hydrogen) atoms. The third-order valence-electron chi connectivity index (χ3n) is 4.82. The van der Waals surface area contributed by atoms with E-state index in [1.807, 2.05) is 37.2 Å². The molecule has 8 nitrogen and oxygen atoms in total. The summed E-state index contributed by atoms with van der Waals surface area (Å²) in [6.45, 7) is 1.37. The zero-order valence-electron chi connectivity index (χ0n) is 17.1. The topological polar surface area (TPSA) is 83.1 Å². The van der Waals surface area contributed by atoms with Crippen molar-refractivity contribution in [3.8, 4) is 0 Å². The second kappa shape index (κ2) is 8.00. The molecule has 0 bridgehead atoms. The zero-order valence-corrected chi connectivity index (χ0v) is 17.1. The lowest BCUT2D eigenvalue weighted by molar-refractivity contribution is 0.0757. The molecule has 0 spiro atoms. The van der Waals surface area contributed by atoms with Crippen molar-refractivity contribution in [1.82, 2.24) is 19.4 Å². The third-order valence-corrected chi connectivity index (χ3v) is 4.82. The molecular weight excluding hydrogens is 382 g/mol. The van der Waals surface area contributed by atoms with Crippen LogP contribution in [0.2, 0.25) is 0 Å². The number of fused-ring (bicyclic) bond motifs is 2. The van der Waals surface area contributed by atoms with Gasteiger partial charge in [0.05, 0.1) is 5.52 Å². The molecule has 0 aliphatic rings. The first-order valence-corrected chi connectivity index (χ1v) is 9.60. The number of carbonyl (C=O) groups excluding carboxylic acids is 2. The normalized spacial score (nSPS) is 11.3. The number of nitrogens with zero attached hydrogens (tertiary/aromatic N) is 4. The Morgan fingerprint density at radius 3 is 2.67 bits per heavy atom. The molecule has 0 unspecified atom stereocenters. The average molecular weight is 405 g/mol. The van der Waals surface area contributed by atoms with E-state index in [0.717, 1.165) is 17.4 Å². The highest BCUT2D eigenvalue weighted by atomic mass is 16.3.